The third-order valence-electron chi connectivity index (χ3n) is 4.10. The summed E-state index contributed by atoms with van der Waals surface area (Å²) in [6, 6.07) is 1.98. The van der Waals surface area contributed by atoms with Gasteiger partial charge < -0.3 is 0 Å². The van der Waals surface area contributed by atoms with Gasteiger partial charge in [0.05, 0.1) is 9.26 Å². The van der Waals surface area contributed by atoms with Crippen LogP contribution in [-0.4, -0.2) is 15.0 Å². The average molecular weight is 414 g/mol. The first-order valence-corrected chi connectivity index (χ1v) is 8.82. The molecule has 3 nitrogen and oxygen atoms in total. The second kappa shape index (κ2) is 6.57. The minimum Gasteiger partial charge on any atom is -0.264 e. The van der Waals surface area contributed by atoms with Crippen LogP contribution in [0, 0.1) is 3.57 Å². The molecule has 1 aliphatic rings. The first-order chi connectivity index (χ1) is 10.2. The molecule has 1 fully saturated rings. The van der Waals surface area contributed by atoms with Gasteiger partial charge in [-0.05, 0) is 53.5 Å². The first kappa shape index (κ1) is 15.2. The molecule has 0 atom stereocenters. The monoisotopic (exact) mass is 413 g/mol. The fraction of sp³-hybridized carbons (Fsp3) is 0.438. The Bertz CT molecular complexity index is 654. The molecule has 1 saturated carbocycles. The molecule has 0 saturated heterocycles. The van der Waals surface area contributed by atoms with E-state index < -0.39 is 0 Å². The Balaban J connectivity index is 2.11. The molecule has 0 amide bonds. The van der Waals surface area contributed by atoms with Crippen molar-refractivity contribution in [2.24, 2.45) is 0 Å². The molecule has 5 heteroatoms. The lowest BCUT2D eigenvalue weighted by Crippen LogP contribution is -2.05. The molecule has 110 valence electrons. The summed E-state index contributed by atoms with van der Waals surface area (Å²) >= 11 is 8.65. The molecule has 0 bridgehead atoms. The molecule has 21 heavy (non-hydrogen) atoms. The van der Waals surface area contributed by atoms with E-state index in [0.717, 1.165) is 32.6 Å². The molecule has 0 aliphatic heterocycles. The molecular weight excluding hydrogens is 397 g/mol. The van der Waals surface area contributed by atoms with Crippen molar-refractivity contribution in [2.45, 2.75) is 44.9 Å². The maximum absolute atomic E-state index is 6.37. The summed E-state index contributed by atoms with van der Waals surface area (Å²) in [4.78, 5) is 13.6. The molecule has 0 aromatic carbocycles. The molecule has 0 radical (unpaired) electrons. The predicted octanol–water partition coefficient (Wildman–Crippen LogP) is 5.02. The Morgan fingerprint density at radius 2 is 2.05 bits per heavy atom. The molecule has 2 aromatic heterocycles. The van der Waals surface area contributed by atoms with Crippen LogP contribution >= 0.6 is 34.2 Å². The zero-order valence-electron chi connectivity index (χ0n) is 11.9. The van der Waals surface area contributed by atoms with Gasteiger partial charge in [-0.25, -0.2) is 9.97 Å². The molecule has 2 heterocycles. The van der Waals surface area contributed by atoms with Crippen molar-refractivity contribution < 1.29 is 0 Å². The number of hydrogen-bond acceptors (Lipinski definition) is 3. The molecule has 2 aromatic rings. The van der Waals surface area contributed by atoms with Crippen LogP contribution in [0.15, 0.2) is 18.5 Å². The smallest absolute Gasteiger partial charge is 0.161 e. The van der Waals surface area contributed by atoms with Crippen LogP contribution in [0.2, 0.25) is 5.15 Å². The van der Waals surface area contributed by atoms with Gasteiger partial charge in [0, 0.05) is 23.9 Å². The molecule has 3 rings (SSSR count). The summed E-state index contributed by atoms with van der Waals surface area (Å²) in [6.45, 7) is 2.12. The lowest BCUT2D eigenvalue weighted by atomic mass is 10.0. The SMILES string of the molecule is CCc1cnccc1-c1nc(Cl)c(I)c(C2CCCC2)n1. The van der Waals surface area contributed by atoms with Gasteiger partial charge in [-0.15, -0.1) is 0 Å². The van der Waals surface area contributed by atoms with E-state index in [1.54, 1.807) is 6.20 Å². The summed E-state index contributed by atoms with van der Waals surface area (Å²) in [5.41, 5.74) is 3.33. The van der Waals surface area contributed by atoms with E-state index in [9.17, 15) is 0 Å². The number of pyridine rings is 1. The fourth-order valence-corrected chi connectivity index (χ4v) is 3.81. The maximum Gasteiger partial charge on any atom is 0.161 e. The van der Waals surface area contributed by atoms with E-state index >= 15 is 0 Å². The summed E-state index contributed by atoms with van der Waals surface area (Å²) in [5, 5.41) is 0.571. The van der Waals surface area contributed by atoms with Crippen LogP contribution in [0.5, 0.6) is 0 Å². The van der Waals surface area contributed by atoms with E-state index in [0.29, 0.717) is 11.1 Å². The minimum atomic E-state index is 0.531. The van der Waals surface area contributed by atoms with Gasteiger partial charge in [-0.3, -0.25) is 4.98 Å². The number of aryl methyl sites for hydroxylation is 1. The third-order valence-corrected chi connectivity index (χ3v) is 5.76. The standard InChI is InChI=1S/C16H17ClIN3/c1-2-10-9-19-8-7-12(10)16-20-14(11-5-3-4-6-11)13(18)15(17)21-16/h7-9,11H,2-6H2,1H3. The van der Waals surface area contributed by atoms with E-state index in [2.05, 4.69) is 39.5 Å². The lowest BCUT2D eigenvalue weighted by Gasteiger charge is -2.14. The largest absolute Gasteiger partial charge is 0.264 e. The second-order valence-corrected chi connectivity index (χ2v) is 6.84. The Labute approximate surface area is 143 Å². The topological polar surface area (TPSA) is 38.7 Å². The van der Waals surface area contributed by atoms with Crippen molar-refractivity contribution >= 4 is 34.2 Å². The zero-order valence-corrected chi connectivity index (χ0v) is 14.9. The number of rotatable bonds is 3. The van der Waals surface area contributed by atoms with Gasteiger partial charge >= 0.3 is 0 Å². The third kappa shape index (κ3) is 3.06. The van der Waals surface area contributed by atoms with E-state index in [4.69, 9.17) is 16.6 Å². The highest BCUT2D eigenvalue weighted by Gasteiger charge is 2.24. The van der Waals surface area contributed by atoms with Crippen LogP contribution in [0.1, 0.15) is 49.8 Å². The van der Waals surface area contributed by atoms with Gasteiger partial charge in [0.15, 0.2) is 5.82 Å². The Morgan fingerprint density at radius 1 is 1.29 bits per heavy atom. The molecule has 0 spiro atoms. The average Bonchev–Trinajstić information content (AvgIpc) is 3.04. The number of nitrogens with zero attached hydrogens (tertiary/aromatic N) is 3. The number of halogens is 2. The van der Waals surface area contributed by atoms with Crippen LogP contribution in [-0.2, 0) is 6.42 Å². The van der Waals surface area contributed by atoms with E-state index in [1.807, 2.05) is 12.3 Å². The highest BCUT2D eigenvalue weighted by Crippen LogP contribution is 2.38. The number of hydrogen-bond donors (Lipinski definition) is 0. The normalized spacial score (nSPS) is 15.6. The van der Waals surface area contributed by atoms with Gasteiger partial charge in [-0.1, -0.05) is 31.4 Å². The van der Waals surface area contributed by atoms with E-state index in [1.165, 1.54) is 25.7 Å². The van der Waals surface area contributed by atoms with Crippen molar-refractivity contribution in [3.8, 4) is 11.4 Å². The molecule has 1 aliphatic carbocycles. The number of aromatic nitrogens is 3. The minimum absolute atomic E-state index is 0.531. The predicted molar refractivity (Wildman–Crippen MR) is 93.6 cm³/mol. The Morgan fingerprint density at radius 3 is 2.76 bits per heavy atom. The molecular formula is C16H17ClIN3. The highest BCUT2D eigenvalue weighted by molar-refractivity contribution is 14.1. The van der Waals surface area contributed by atoms with Crippen molar-refractivity contribution in [3.05, 3.63) is 38.4 Å². The fourth-order valence-electron chi connectivity index (χ4n) is 2.95. The molecule has 0 unspecified atom stereocenters. The first-order valence-electron chi connectivity index (χ1n) is 7.37. The van der Waals surface area contributed by atoms with Crippen LogP contribution in [0.4, 0.5) is 0 Å². The maximum atomic E-state index is 6.37. The lowest BCUT2D eigenvalue weighted by molar-refractivity contribution is 0.690. The molecule has 0 N–H and O–H groups in total. The Hall–Kier alpha value is -0.750. The van der Waals surface area contributed by atoms with Crippen molar-refractivity contribution in [1.82, 2.24) is 15.0 Å². The zero-order chi connectivity index (χ0) is 14.8. The quantitative estimate of drug-likeness (QED) is 0.524. The summed E-state index contributed by atoms with van der Waals surface area (Å²) in [5.74, 6) is 1.27. The van der Waals surface area contributed by atoms with Crippen LogP contribution in [0.3, 0.4) is 0 Å². The van der Waals surface area contributed by atoms with E-state index in [-0.39, 0.29) is 0 Å². The second-order valence-electron chi connectivity index (χ2n) is 5.41. The van der Waals surface area contributed by atoms with Gasteiger partial charge in [-0.2, -0.15) is 0 Å². The van der Waals surface area contributed by atoms with Gasteiger partial charge in [0.1, 0.15) is 5.15 Å². The van der Waals surface area contributed by atoms with Crippen LogP contribution < -0.4 is 0 Å². The van der Waals surface area contributed by atoms with Crippen molar-refractivity contribution in [1.29, 1.82) is 0 Å². The highest BCUT2D eigenvalue weighted by atomic mass is 127. The summed E-state index contributed by atoms with van der Waals surface area (Å²) in [6.07, 6.45) is 9.58. The van der Waals surface area contributed by atoms with Crippen molar-refractivity contribution in [2.75, 3.05) is 0 Å². The van der Waals surface area contributed by atoms with Crippen LogP contribution in [0.25, 0.3) is 11.4 Å². The van der Waals surface area contributed by atoms with Crippen molar-refractivity contribution in [3.63, 3.8) is 0 Å². The Kier molecular flexibility index (Phi) is 4.74. The van der Waals surface area contributed by atoms with Gasteiger partial charge in [0.2, 0.25) is 0 Å². The summed E-state index contributed by atoms with van der Waals surface area (Å²) in [7, 11) is 0. The van der Waals surface area contributed by atoms with Gasteiger partial charge in [0.25, 0.3) is 0 Å². The summed E-state index contributed by atoms with van der Waals surface area (Å²) < 4.78 is 1.01.